The molecule has 4 atom stereocenters. The van der Waals surface area contributed by atoms with Gasteiger partial charge in [-0.2, -0.15) is 52.7 Å². The monoisotopic (exact) mass is 990 g/mol. The summed E-state index contributed by atoms with van der Waals surface area (Å²) in [5.41, 5.74) is -7.21. The Labute approximate surface area is 388 Å². The van der Waals surface area contributed by atoms with Gasteiger partial charge >= 0.3 is 35.5 Å². The molecule has 8 aliphatic rings. The first-order valence-corrected chi connectivity index (χ1v) is 24.0. The van der Waals surface area contributed by atoms with Gasteiger partial charge in [0.15, 0.2) is 0 Å². The van der Waals surface area contributed by atoms with Gasteiger partial charge in [-0.1, -0.05) is 128 Å². The lowest BCUT2D eigenvalue weighted by Gasteiger charge is -2.48. The van der Waals surface area contributed by atoms with E-state index < -0.39 is 78.2 Å². The fraction of sp³-hybridized carbons (Fsp3) is 0.320. The second-order valence-electron chi connectivity index (χ2n) is 18.5. The molecule has 4 heterocycles. The number of alkyl halides is 12. The predicted octanol–water partition coefficient (Wildman–Crippen LogP) is 16.7. The normalized spacial score (nSPS) is 33.5. The third-order valence-electron chi connectivity index (χ3n) is 15.0. The molecule has 4 unspecified atom stereocenters. The molecule has 4 aliphatic heterocycles. The van der Waals surface area contributed by atoms with E-state index in [4.69, 9.17) is 0 Å². The first kappa shape index (κ1) is 44.6. The smallest absolute Gasteiger partial charge is 0.194 e. The van der Waals surface area contributed by atoms with E-state index in [0.29, 0.717) is 48.7 Å². The molecule has 0 amide bonds. The minimum absolute atomic E-state index is 0.0632. The highest BCUT2D eigenvalue weighted by molar-refractivity contribution is 8.14. The van der Waals surface area contributed by atoms with Crippen molar-refractivity contribution in [3.8, 4) is 0 Å². The Bertz CT molecular complexity index is 3060. The fourth-order valence-electron chi connectivity index (χ4n) is 11.2. The molecule has 0 N–H and O–H groups in total. The van der Waals surface area contributed by atoms with Gasteiger partial charge in [-0.15, -0.1) is 23.5 Å². The Balaban J connectivity index is 1.08. The average molecular weight is 991 g/mol. The third-order valence-corrected chi connectivity index (χ3v) is 21.5. The molecule has 2 fully saturated rings. The van der Waals surface area contributed by atoms with Gasteiger partial charge in [0.2, 0.25) is 0 Å². The quantitative estimate of drug-likeness (QED) is 0.239. The Morgan fingerprint density at radius 3 is 1.17 bits per heavy atom. The molecular formula is C50H34F12S4. The van der Waals surface area contributed by atoms with E-state index in [9.17, 15) is 0 Å². The van der Waals surface area contributed by atoms with Crippen LogP contribution in [-0.2, 0) is 0 Å². The van der Waals surface area contributed by atoms with Crippen LogP contribution in [-0.4, -0.2) is 45.0 Å². The van der Waals surface area contributed by atoms with Crippen molar-refractivity contribution in [2.24, 2.45) is 10.8 Å². The summed E-state index contributed by atoms with van der Waals surface area (Å²) in [7, 11) is 0. The van der Waals surface area contributed by atoms with E-state index >= 15 is 52.7 Å². The van der Waals surface area contributed by atoms with Crippen molar-refractivity contribution in [3.05, 3.63) is 174 Å². The third kappa shape index (κ3) is 4.86. The average Bonchev–Trinajstić information content (AvgIpc) is 4.01. The number of fused-ring (bicyclic) bond motifs is 8. The number of allylic oxidation sites excluding steroid dienone is 10. The standard InChI is InChI=1S/C50H34F12S4/c1-23-31-33-34(46(53,54)49(59,60)45(33,51)52)32-24(2)38(66-44(32,6)43(31,5)65-37(23)26-16-11-8-12-17-26)28-19-13-18-27(20-28)30-22-42(4)40(64-30)36-35(47(55,56)50(61,62)48(36,57)58)39-41(42,3)21-29(63-39)25-14-9-7-10-15-25/h7-22H,1-6H3. The zero-order chi connectivity index (χ0) is 47.5. The molecule has 11 rings (SSSR count). The van der Waals surface area contributed by atoms with Crippen LogP contribution >= 0.6 is 47.0 Å². The van der Waals surface area contributed by atoms with Crippen LogP contribution in [0.3, 0.4) is 0 Å². The van der Waals surface area contributed by atoms with E-state index in [2.05, 4.69) is 0 Å². The second-order valence-corrected chi connectivity index (χ2v) is 23.4. The summed E-state index contributed by atoms with van der Waals surface area (Å²) in [6.07, 6.45) is 3.28. The van der Waals surface area contributed by atoms with Crippen molar-refractivity contribution in [2.45, 2.75) is 86.6 Å². The Morgan fingerprint density at radius 2 is 0.727 bits per heavy atom. The molecule has 66 heavy (non-hydrogen) atoms. The second kappa shape index (κ2) is 13.1. The highest BCUT2D eigenvalue weighted by Crippen LogP contribution is 2.80. The molecule has 3 aromatic carbocycles. The van der Waals surface area contributed by atoms with E-state index in [1.807, 2.05) is 0 Å². The van der Waals surface area contributed by atoms with Gasteiger partial charge in [-0.25, -0.2) is 0 Å². The molecule has 3 aromatic rings. The van der Waals surface area contributed by atoms with Crippen molar-refractivity contribution in [1.82, 2.24) is 0 Å². The molecular weight excluding hydrogens is 957 g/mol. The van der Waals surface area contributed by atoms with Crippen molar-refractivity contribution in [1.29, 1.82) is 0 Å². The zero-order valence-electron chi connectivity index (χ0n) is 35.4. The van der Waals surface area contributed by atoms with E-state index in [1.165, 1.54) is 13.8 Å². The lowest BCUT2D eigenvalue weighted by atomic mass is 9.60. The molecule has 0 radical (unpaired) electrons. The van der Waals surface area contributed by atoms with Gasteiger partial charge in [0.1, 0.15) is 0 Å². The molecule has 16 heteroatoms. The summed E-state index contributed by atoms with van der Waals surface area (Å²) in [5, 5.41) is 0. The van der Waals surface area contributed by atoms with Gasteiger partial charge in [-0.3, -0.25) is 0 Å². The molecule has 0 nitrogen and oxygen atoms in total. The zero-order valence-corrected chi connectivity index (χ0v) is 38.7. The predicted molar refractivity (Wildman–Crippen MR) is 242 cm³/mol. The van der Waals surface area contributed by atoms with Gasteiger partial charge in [0.25, 0.3) is 0 Å². The summed E-state index contributed by atoms with van der Waals surface area (Å²) >= 11 is 3.66. The molecule has 2 saturated carbocycles. The van der Waals surface area contributed by atoms with Crippen LogP contribution < -0.4 is 0 Å². The number of thioether (sulfide) groups is 4. The van der Waals surface area contributed by atoms with E-state index in [1.54, 1.807) is 125 Å². The number of rotatable bonds is 4. The van der Waals surface area contributed by atoms with Gasteiger partial charge < -0.3 is 0 Å². The summed E-state index contributed by atoms with van der Waals surface area (Å²) in [5.74, 6) is -32.6. The van der Waals surface area contributed by atoms with Crippen molar-refractivity contribution < 1.29 is 52.7 Å². The highest BCUT2D eigenvalue weighted by Gasteiger charge is 2.86. The lowest BCUT2D eigenvalue weighted by Crippen LogP contribution is -2.49. The van der Waals surface area contributed by atoms with Gasteiger partial charge in [0.05, 0.1) is 9.49 Å². The molecule has 0 saturated heterocycles. The van der Waals surface area contributed by atoms with Crippen molar-refractivity contribution in [3.63, 3.8) is 0 Å². The van der Waals surface area contributed by atoms with Crippen LogP contribution in [0.2, 0.25) is 0 Å². The largest absolute Gasteiger partial charge is 0.380 e. The SMILES string of the molecule is CC1=C(c2ccccc2)SC2(C)C1=C1C(=C3C(C)=C(c4cccc(C5=CC6(C)C(=C7C(=C8SC(c9ccccc9)=CC86C)C(F)(F)C(F)(F)C7(F)F)S5)c4)SC32C)C(F)(F)C(F)(F)C1(F)F. The van der Waals surface area contributed by atoms with Crippen LogP contribution in [0.15, 0.2) is 151 Å². The minimum Gasteiger partial charge on any atom is -0.194 e. The number of hydrogen-bond acceptors (Lipinski definition) is 4. The number of halogens is 12. The molecule has 0 bridgehead atoms. The summed E-state index contributed by atoms with van der Waals surface area (Å²) in [4.78, 5) is 0.793. The Morgan fingerprint density at radius 1 is 0.379 bits per heavy atom. The molecule has 342 valence electrons. The van der Waals surface area contributed by atoms with E-state index in [0.717, 1.165) is 35.3 Å². The first-order valence-electron chi connectivity index (χ1n) is 20.7. The van der Waals surface area contributed by atoms with Crippen LogP contribution in [0.5, 0.6) is 0 Å². The fourth-order valence-corrected chi connectivity index (χ4v) is 17.8. The van der Waals surface area contributed by atoms with Crippen LogP contribution in [0.25, 0.3) is 19.6 Å². The number of benzene rings is 3. The van der Waals surface area contributed by atoms with Crippen molar-refractivity contribution >= 4 is 66.7 Å². The number of hydrogen-bond donors (Lipinski definition) is 0. The van der Waals surface area contributed by atoms with E-state index in [-0.39, 0.29) is 37.0 Å². The summed E-state index contributed by atoms with van der Waals surface area (Å²) < 4.78 is 189. The Hall–Kier alpha value is -3.86. The van der Waals surface area contributed by atoms with Crippen molar-refractivity contribution in [2.75, 3.05) is 0 Å². The Kier molecular flexibility index (Phi) is 8.83. The topological polar surface area (TPSA) is 0 Å². The van der Waals surface area contributed by atoms with Gasteiger partial charge in [-0.05, 0) is 78.3 Å². The molecule has 4 aliphatic carbocycles. The minimum atomic E-state index is -5.77. The maximum atomic E-state index is 16.4. The molecule has 0 spiro atoms. The van der Waals surface area contributed by atoms with Crippen LogP contribution in [0.1, 0.15) is 63.8 Å². The summed E-state index contributed by atoms with van der Waals surface area (Å²) in [6.45, 7) is 9.24. The maximum absolute atomic E-state index is 16.4. The highest BCUT2D eigenvalue weighted by atomic mass is 32.2. The van der Waals surface area contributed by atoms with Crippen LogP contribution in [0, 0.1) is 10.8 Å². The lowest BCUT2D eigenvalue weighted by molar-refractivity contribution is -0.258. The first-order chi connectivity index (χ1) is 30.6. The molecule has 0 aromatic heterocycles. The maximum Gasteiger partial charge on any atom is 0.380 e. The summed E-state index contributed by atoms with van der Waals surface area (Å²) in [6, 6.07) is 23.6. The van der Waals surface area contributed by atoms with Crippen LogP contribution in [0.4, 0.5) is 52.7 Å². The van der Waals surface area contributed by atoms with Gasteiger partial charge in [0, 0.05) is 62.6 Å².